The Morgan fingerprint density at radius 1 is 0.375 bits per heavy atom. The second kappa shape index (κ2) is 7.28. The van der Waals surface area contributed by atoms with Crippen molar-refractivity contribution in [1.29, 1.82) is 0 Å². The summed E-state index contributed by atoms with van der Waals surface area (Å²) in [6.45, 7) is 0. The zero-order chi connectivity index (χ0) is 21.7. The van der Waals surface area contributed by atoms with E-state index in [0.717, 1.165) is 49.9 Å². The van der Waals surface area contributed by atoms with E-state index >= 15 is 0 Å². The summed E-state index contributed by atoms with van der Waals surface area (Å²) >= 11 is 0. The molecule has 0 heterocycles. The smallest absolute Gasteiger partial charge is 0.123 e. The fourth-order valence-electron chi connectivity index (χ4n) is 4.81. The van der Waals surface area contributed by atoms with E-state index in [1.54, 1.807) is 0 Å². The third-order valence-electron chi connectivity index (χ3n) is 6.18. The Morgan fingerprint density at radius 2 is 0.844 bits per heavy atom. The summed E-state index contributed by atoms with van der Waals surface area (Å²) in [7, 11) is 0. The summed E-state index contributed by atoms with van der Waals surface area (Å²) < 4.78 is 27.7. The maximum absolute atomic E-state index is 13.8. The first-order valence-corrected chi connectivity index (χ1v) is 10.6. The molecule has 5 aromatic rings. The SMILES string of the molecule is Fc1ccc(C2=C(c3ccc(F)cc3)c3cccc4cccc(c34)-c3ccccc32)cc1. The van der Waals surface area contributed by atoms with Gasteiger partial charge in [-0.25, -0.2) is 8.78 Å². The van der Waals surface area contributed by atoms with E-state index in [1.807, 2.05) is 36.4 Å². The normalized spacial score (nSPS) is 12.6. The molecule has 0 saturated carbocycles. The molecular weight excluding hydrogens is 398 g/mol. The van der Waals surface area contributed by atoms with Gasteiger partial charge in [-0.15, -0.1) is 0 Å². The maximum atomic E-state index is 13.8. The highest BCUT2D eigenvalue weighted by molar-refractivity contribution is 6.17. The maximum Gasteiger partial charge on any atom is 0.123 e. The van der Waals surface area contributed by atoms with Gasteiger partial charge in [0.25, 0.3) is 0 Å². The molecule has 0 fully saturated rings. The number of hydrogen-bond acceptors (Lipinski definition) is 0. The van der Waals surface area contributed by atoms with E-state index in [2.05, 4.69) is 48.5 Å². The molecule has 6 rings (SSSR count). The van der Waals surface area contributed by atoms with E-state index in [-0.39, 0.29) is 11.6 Å². The van der Waals surface area contributed by atoms with E-state index < -0.39 is 0 Å². The lowest BCUT2D eigenvalue weighted by atomic mass is 9.85. The molecule has 0 radical (unpaired) electrons. The topological polar surface area (TPSA) is 0 Å². The van der Waals surface area contributed by atoms with E-state index in [4.69, 9.17) is 0 Å². The minimum absolute atomic E-state index is 0.273. The standard InChI is InChI=1S/C30H18F2/c31-22-15-11-20(12-16-22)29-26-8-2-1-7-24(26)25-9-3-5-19-6-4-10-27(28(19)25)30(29)21-13-17-23(32)18-14-21/h1-18H. The van der Waals surface area contributed by atoms with Gasteiger partial charge in [-0.3, -0.25) is 0 Å². The van der Waals surface area contributed by atoms with Gasteiger partial charge in [-0.1, -0.05) is 84.9 Å². The summed E-state index contributed by atoms with van der Waals surface area (Å²) in [6, 6.07) is 34.2. The molecule has 0 aliphatic heterocycles. The highest BCUT2D eigenvalue weighted by atomic mass is 19.1. The highest BCUT2D eigenvalue weighted by Crippen LogP contribution is 2.47. The molecule has 1 aliphatic carbocycles. The third kappa shape index (κ3) is 2.88. The molecule has 0 saturated heterocycles. The van der Waals surface area contributed by atoms with E-state index in [9.17, 15) is 8.78 Å². The van der Waals surface area contributed by atoms with Crippen LogP contribution in [0.5, 0.6) is 0 Å². The van der Waals surface area contributed by atoms with Crippen LogP contribution in [-0.4, -0.2) is 0 Å². The molecule has 5 aromatic carbocycles. The minimum Gasteiger partial charge on any atom is -0.207 e. The summed E-state index contributed by atoms with van der Waals surface area (Å²) in [5.74, 6) is -0.546. The summed E-state index contributed by atoms with van der Waals surface area (Å²) in [5, 5.41) is 2.31. The lowest BCUT2D eigenvalue weighted by Gasteiger charge is -2.18. The number of halogens is 2. The lowest BCUT2D eigenvalue weighted by Crippen LogP contribution is -1.97. The van der Waals surface area contributed by atoms with E-state index in [1.165, 1.54) is 29.7 Å². The van der Waals surface area contributed by atoms with Crippen molar-refractivity contribution in [2.75, 3.05) is 0 Å². The van der Waals surface area contributed by atoms with Crippen LogP contribution in [0.2, 0.25) is 0 Å². The van der Waals surface area contributed by atoms with Crippen molar-refractivity contribution < 1.29 is 8.78 Å². The van der Waals surface area contributed by atoms with Gasteiger partial charge in [-0.2, -0.15) is 0 Å². The van der Waals surface area contributed by atoms with Crippen LogP contribution in [0.15, 0.2) is 109 Å². The van der Waals surface area contributed by atoms with Crippen LogP contribution >= 0.6 is 0 Å². The molecule has 32 heavy (non-hydrogen) atoms. The van der Waals surface area contributed by atoms with Crippen molar-refractivity contribution in [3.63, 3.8) is 0 Å². The van der Waals surface area contributed by atoms with Crippen molar-refractivity contribution in [1.82, 2.24) is 0 Å². The van der Waals surface area contributed by atoms with Gasteiger partial charge in [0, 0.05) is 0 Å². The fraction of sp³-hybridized carbons (Fsp3) is 0. The molecule has 0 N–H and O–H groups in total. The van der Waals surface area contributed by atoms with Gasteiger partial charge >= 0.3 is 0 Å². The Hall–Kier alpha value is -4.04. The van der Waals surface area contributed by atoms with Crippen molar-refractivity contribution in [3.8, 4) is 11.1 Å². The molecular formula is C30H18F2. The van der Waals surface area contributed by atoms with Crippen molar-refractivity contribution in [3.05, 3.63) is 143 Å². The first kappa shape index (κ1) is 18.7. The number of rotatable bonds is 2. The van der Waals surface area contributed by atoms with Gasteiger partial charge in [0.2, 0.25) is 0 Å². The average molecular weight is 416 g/mol. The number of benzene rings is 5. The van der Waals surface area contributed by atoms with Crippen LogP contribution in [0, 0.1) is 11.6 Å². The molecule has 0 bridgehead atoms. The van der Waals surface area contributed by atoms with Crippen LogP contribution in [-0.2, 0) is 0 Å². The fourth-order valence-corrected chi connectivity index (χ4v) is 4.81. The summed E-state index contributed by atoms with van der Waals surface area (Å²) in [5.41, 5.74) is 8.30. The number of hydrogen-bond donors (Lipinski definition) is 0. The van der Waals surface area contributed by atoms with Crippen LogP contribution in [0.3, 0.4) is 0 Å². The van der Waals surface area contributed by atoms with Gasteiger partial charge in [-0.05, 0) is 79.6 Å². The third-order valence-corrected chi connectivity index (χ3v) is 6.18. The molecule has 0 spiro atoms. The largest absolute Gasteiger partial charge is 0.207 e. The minimum atomic E-state index is -0.273. The monoisotopic (exact) mass is 416 g/mol. The number of fused-ring (bicyclic) bond motifs is 2. The van der Waals surface area contributed by atoms with Crippen LogP contribution in [0.1, 0.15) is 22.3 Å². The average Bonchev–Trinajstić information content (AvgIpc) is 2.95. The van der Waals surface area contributed by atoms with Gasteiger partial charge < -0.3 is 0 Å². The van der Waals surface area contributed by atoms with Gasteiger partial charge in [0.1, 0.15) is 11.6 Å². The van der Waals surface area contributed by atoms with Crippen LogP contribution in [0.4, 0.5) is 8.78 Å². The summed E-state index contributed by atoms with van der Waals surface area (Å²) in [6.07, 6.45) is 0. The Bertz CT molecular complexity index is 1500. The van der Waals surface area contributed by atoms with Crippen molar-refractivity contribution >= 4 is 21.9 Å². The molecule has 0 atom stereocenters. The zero-order valence-corrected chi connectivity index (χ0v) is 17.1. The Kier molecular flexibility index (Phi) is 4.26. The van der Waals surface area contributed by atoms with Crippen molar-refractivity contribution in [2.45, 2.75) is 0 Å². The molecule has 0 amide bonds. The summed E-state index contributed by atoms with van der Waals surface area (Å²) in [4.78, 5) is 0. The van der Waals surface area contributed by atoms with Crippen LogP contribution in [0.25, 0.3) is 33.0 Å². The second-order valence-corrected chi connectivity index (χ2v) is 8.02. The highest BCUT2D eigenvalue weighted by Gasteiger charge is 2.25. The first-order chi connectivity index (χ1) is 15.7. The molecule has 1 aliphatic rings. The zero-order valence-electron chi connectivity index (χ0n) is 17.1. The lowest BCUT2D eigenvalue weighted by molar-refractivity contribution is 0.627. The van der Waals surface area contributed by atoms with E-state index in [0.29, 0.717) is 0 Å². The molecule has 0 aromatic heterocycles. The van der Waals surface area contributed by atoms with Crippen molar-refractivity contribution in [2.24, 2.45) is 0 Å². The Balaban J connectivity index is 1.85. The molecule has 0 nitrogen and oxygen atoms in total. The second-order valence-electron chi connectivity index (χ2n) is 8.02. The molecule has 2 heteroatoms. The van der Waals surface area contributed by atoms with Gasteiger partial charge in [0.15, 0.2) is 0 Å². The Morgan fingerprint density at radius 3 is 1.44 bits per heavy atom. The Labute approximate surface area is 185 Å². The predicted octanol–water partition coefficient (Wildman–Crippen LogP) is 8.11. The van der Waals surface area contributed by atoms with Gasteiger partial charge in [0.05, 0.1) is 0 Å². The molecule has 0 unspecified atom stereocenters. The molecule has 152 valence electrons. The predicted molar refractivity (Wildman–Crippen MR) is 127 cm³/mol. The first-order valence-electron chi connectivity index (χ1n) is 10.6. The quantitative estimate of drug-likeness (QED) is 0.267. The van der Waals surface area contributed by atoms with Crippen LogP contribution < -0.4 is 0 Å².